The third-order valence-electron chi connectivity index (χ3n) is 1.36. The fourth-order valence-electron chi connectivity index (χ4n) is 0.835. The first-order valence-electron chi connectivity index (χ1n) is 3.48. The first-order chi connectivity index (χ1) is 5.88. The Balaban J connectivity index is 2.75. The van der Waals surface area contributed by atoms with E-state index in [1.807, 2.05) is 0 Å². The highest BCUT2D eigenvalue weighted by molar-refractivity contribution is 5.91. The van der Waals surface area contributed by atoms with E-state index >= 15 is 0 Å². The van der Waals surface area contributed by atoms with E-state index in [4.69, 9.17) is 0 Å². The SMILES string of the molecule is CC(=O)c1cn(CC(F)(F)F)cn1. The topological polar surface area (TPSA) is 34.9 Å². The summed E-state index contributed by atoms with van der Waals surface area (Å²) in [6.45, 7) is 0.132. The third kappa shape index (κ3) is 2.89. The lowest BCUT2D eigenvalue weighted by Gasteiger charge is -2.05. The van der Waals surface area contributed by atoms with Crippen molar-refractivity contribution in [3.8, 4) is 0 Å². The van der Waals surface area contributed by atoms with E-state index in [1.54, 1.807) is 0 Å². The lowest BCUT2D eigenvalue weighted by Crippen LogP contribution is -2.16. The Morgan fingerprint density at radius 2 is 2.23 bits per heavy atom. The summed E-state index contributed by atoms with van der Waals surface area (Å²) in [7, 11) is 0. The van der Waals surface area contributed by atoms with Crippen LogP contribution >= 0.6 is 0 Å². The standard InChI is InChI=1S/C7H7F3N2O/c1-5(13)6-2-12(4-11-6)3-7(8,9)10/h2,4H,3H2,1H3. The lowest BCUT2D eigenvalue weighted by atomic mass is 10.3. The number of imidazole rings is 1. The summed E-state index contributed by atoms with van der Waals surface area (Å²) < 4.78 is 36.3. The van der Waals surface area contributed by atoms with E-state index in [-0.39, 0.29) is 11.5 Å². The number of hydrogen-bond donors (Lipinski definition) is 0. The van der Waals surface area contributed by atoms with Gasteiger partial charge in [-0.3, -0.25) is 4.79 Å². The van der Waals surface area contributed by atoms with Crippen molar-refractivity contribution in [1.29, 1.82) is 0 Å². The lowest BCUT2D eigenvalue weighted by molar-refractivity contribution is -0.140. The number of hydrogen-bond acceptors (Lipinski definition) is 2. The van der Waals surface area contributed by atoms with Gasteiger partial charge >= 0.3 is 6.18 Å². The van der Waals surface area contributed by atoms with Crippen LogP contribution in [0.4, 0.5) is 13.2 Å². The van der Waals surface area contributed by atoms with E-state index in [2.05, 4.69) is 4.98 Å². The molecule has 0 atom stereocenters. The van der Waals surface area contributed by atoms with Crippen molar-refractivity contribution in [2.24, 2.45) is 0 Å². The molecule has 0 aliphatic heterocycles. The molecule has 0 fully saturated rings. The van der Waals surface area contributed by atoms with Crippen LogP contribution in [0.25, 0.3) is 0 Å². The molecule has 13 heavy (non-hydrogen) atoms. The molecule has 6 heteroatoms. The third-order valence-corrected chi connectivity index (χ3v) is 1.36. The second kappa shape index (κ2) is 3.20. The predicted molar refractivity (Wildman–Crippen MR) is 38.3 cm³/mol. The molecule has 0 saturated carbocycles. The minimum atomic E-state index is -4.28. The second-order valence-corrected chi connectivity index (χ2v) is 2.60. The molecule has 0 unspecified atom stereocenters. The molecule has 0 bridgehead atoms. The van der Waals surface area contributed by atoms with Gasteiger partial charge < -0.3 is 4.57 Å². The van der Waals surface area contributed by atoms with Crippen molar-refractivity contribution in [3.63, 3.8) is 0 Å². The maximum absolute atomic E-state index is 11.8. The van der Waals surface area contributed by atoms with Gasteiger partial charge in [-0.25, -0.2) is 4.98 Å². The van der Waals surface area contributed by atoms with Gasteiger partial charge in [-0.15, -0.1) is 0 Å². The first-order valence-corrected chi connectivity index (χ1v) is 3.48. The Kier molecular flexibility index (Phi) is 2.40. The van der Waals surface area contributed by atoms with Gasteiger partial charge in [0.1, 0.15) is 12.2 Å². The van der Waals surface area contributed by atoms with E-state index in [0.29, 0.717) is 0 Å². The molecule has 1 aromatic rings. The van der Waals surface area contributed by atoms with Crippen molar-refractivity contribution in [1.82, 2.24) is 9.55 Å². The molecule has 3 nitrogen and oxygen atoms in total. The number of alkyl halides is 3. The average Bonchev–Trinajstić information content (AvgIpc) is 2.31. The van der Waals surface area contributed by atoms with Gasteiger partial charge in [0, 0.05) is 13.1 Å². The monoisotopic (exact) mass is 192 g/mol. The molecular weight excluding hydrogens is 185 g/mol. The summed E-state index contributed by atoms with van der Waals surface area (Å²) in [6, 6.07) is 0. The van der Waals surface area contributed by atoms with Crippen molar-refractivity contribution in [2.75, 3.05) is 0 Å². The number of nitrogens with zero attached hydrogens (tertiary/aromatic N) is 2. The minimum Gasteiger partial charge on any atom is -0.328 e. The van der Waals surface area contributed by atoms with E-state index < -0.39 is 12.7 Å². The van der Waals surface area contributed by atoms with Crippen LogP contribution < -0.4 is 0 Å². The van der Waals surface area contributed by atoms with E-state index in [1.165, 1.54) is 6.92 Å². The van der Waals surface area contributed by atoms with Crippen LogP contribution in [0.2, 0.25) is 0 Å². The Morgan fingerprint density at radius 3 is 2.62 bits per heavy atom. The van der Waals surface area contributed by atoms with Gasteiger partial charge in [0.25, 0.3) is 0 Å². The van der Waals surface area contributed by atoms with Crippen LogP contribution in [0.5, 0.6) is 0 Å². The number of rotatable bonds is 2. The summed E-state index contributed by atoms with van der Waals surface area (Å²) in [6.07, 6.45) is -2.21. The summed E-state index contributed by atoms with van der Waals surface area (Å²) >= 11 is 0. The van der Waals surface area contributed by atoms with E-state index in [9.17, 15) is 18.0 Å². The summed E-state index contributed by atoms with van der Waals surface area (Å²) in [5.74, 6) is -0.346. The second-order valence-electron chi connectivity index (χ2n) is 2.60. The predicted octanol–water partition coefficient (Wildman–Crippen LogP) is 1.65. The summed E-state index contributed by atoms with van der Waals surface area (Å²) in [5.41, 5.74) is 0.0456. The molecule has 72 valence electrons. The Bertz CT molecular complexity index is 316. The average molecular weight is 192 g/mol. The van der Waals surface area contributed by atoms with Gasteiger partial charge in [-0.1, -0.05) is 0 Å². The van der Waals surface area contributed by atoms with Crippen molar-refractivity contribution < 1.29 is 18.0 Å². The van der Waals surface area contributed by atoms with Crippen molar-refractivity contribution in [2.45, 2.75) is 19.6 Å². The molecule has 1 heterocycles. The zero-order valence-electron chi connectivity index (χ0n) is 6.80. The van der Waals surface area contributed by atoms with Crippen LogP contribution in [0.3, 0.4) is 0 Å². The van der Waals surface area contributed by atoms with Gasteiger partial charge in [-0.05, 0) is 0 Å². The molecule has 1 aromatic heterocycles. The minimum absolute atomic E-state index is 0.0456. The van der Waals surface area contributed by atoms with Gasteiger partial charge in [0.2, 0.25) is 0 Å². The molecule has 0 aliphatic rings. The molecule has 0 amide bonds. The van der Waals surface area contributed by atoms with Crippen LogP contribution in [-0.2, 0) is 6.54 Å². The number of carbonyl (C=O) groups excluding carboxylic acids is 1. The number of ketones is 1. The fourth-order valence-corrected chi connectivity index (χ4v) is 0.835. The molecule has 1 rings (SSSR count). The zero-order valence-corrected chi connectivity index (χ0v) is 6.80. The van der Waals surface area contributed by atoms with Crippen LogP contribution in [0.1, 0.15) is 17.4 Å². The highest BCUT2D eigenvalue weighted by Crippen LogP contribution is 2.17. The molecule has 0 saturated heterocycles. The highest BCUT2D eigenvalue weighted by Gasteiger charge is 2.27. The largest absolute Gasteiger partial charge is 0.406 e. The molecule has 0 aliphatic carbocycles. The normalized spacial score (nSPS) is 11.7. The molecule has 0 aromatic carbocycles. The Labute approximate surface area is 72.2 Å². The fraction of sp³-hybridized carbons (Fsp3) is 0.429. The molecule has 0 N–H and O–H groups in total. The van der Waals surface area contributed by atoms with Crippen LogP contribution in [-0.4, -0.2) is 21.5 Å². The molecule has 0 spiro atoms. The van der Waals surface area contributed by atoms with Gasteiger partial charge in [0.15, 0.2) is 5.78 Å². The van der Waals surface area contributed by atoms with Crippen LogP contribution in [0, 0.1) is 0 Å². The Morgan fingerprint density at radius 1 is 1.62 bits per heavy atom. The number of carbonyl (C=O) groups is 1. The van der Waals surface area contributed by atoms with E-state index in [0.717, 1.165) is 17.1 Å². The quantitative estimate of drug-likeness (QED) is 0.667. The first kappa shape index (κ1) is 9.76. The maximum Gasteiger partial charge on any atom is 0.406 e. The van der Waals surface area contributed by atoms with Crippen LogP contribution in [0.15, 0.2) is 12.5 Å². The van der Waals surface area contributed by atoms with Gasteiger partial charge in [0.05, 0.1) is 6.33 Å². The van der Waals surface area contributed by atoms with Gasteiger partial charge in [-0.2, -0.15) is 13.2 Å². The number of aromatic nitrogens is 2. The number of halogens is 3. The molecular formula is C7H7F3N2O. The number of Topliss-reactive ketones (excluding diaryl/α,β-unsaturated/α-hetero) is 1. The summed E-state index contributed by atoms with van der Waals surface area (Å²) in [4.78, 5) is 14.2. The maximum atomic E-state index is 11.8. The summed E-state index contributed by atoms with van der Waals surface area (Å²) in [5, 5.41) is 0. The smallest absolute Gasteiger partial charge is 0.328 e. The highest BCUT2D eigenvalue weighted by atomic mass is 19.4. The Hall–Kier alpha value is -1.33. The molecule has 0 radical (unpaired) electrons. The van der Waals surface area contributed by atoms with Crippen molar-refractivity contribution >= 4 is 5.78 Å². The van der Waals surface area contributed by atoms with Crippen molar-refractivity contribution in [3.05, 3.63) is 18.2 Å². The zero-order chi connectivity index (χ0) is 10.1.